The zero-order valence-electron chi connectivity index (χ0n) is 18.9. The van der Waals surface area contributed by atoms with Gasteiger partial charge in [0, 0.05) is 9.52 Å². The summed E-state index contributed by atoms with van der Waals surface area (Å²) in [5.74, 6) is 0. The normalized spacial score (nSPS) is 9.60. The minimum absolute atomic E-state index is 1.08. The topological polar surface area (TPSA) is 0 Å². The van der Waals surface area contributed by atoms with Crippen molar-refractivity contribution in [3.05, 3.63) is 82.9 Å². The number of rotatable bonds is 2. The molecule has 0 saturated heterocycles. The summed E-state index contributed by atoms with van der Waals surface area (Å²) in [5, 5.41) is 5.59. The molecule has 0 heterocycles. The molecule has 0 aliphatic rings. The van der Waals surface area contributed by atoms with Gasteiger partial charge in [-0.2, -0.15) is 12.1 Å². The Kier molecular flexibility index (Phi) is 13.0. The Morgan fingerprint density at radius 1 is 0.767 bits per heavy atom. The van der Waals surface area contributed by atoms with Crippen LogP contribution in [0.4, 0.5) is 5.25 Å². The van der Waals surface area contributed by atoms with E-state index in [0.29, 0.717) is 0 Å². The van der Waals surface area contributed by atoms with Crippen molar-refractivity contribution >= 4 is 31.1 Å². The van der Waals surface area contributed by atoms with Gasteiger partial charge in [-0.15, -0.1) is 69.1 Å². The molecule has 0 saturated carbocycles. The first-order valence-electron chi connectivity index (χ1n) is 10.3. The van der Waals surface area contributed by atoms with E-state index < -0.39 is 24.5 Å². The van der Waals surface area contributed by atoms with E-state index in [1.54, 1.807) is 0 Å². The monoisotopic (exact) mass is 500 g/mol. The standard InChI is InChI=1S/2C12H13.C2H6Si.2FH.Zr/c2*1-3-10-7-11-6-4-5-9(2)12(11)8-10;1-3-2;;;/h2*4-8H,3H2,1-2H3;1-2H3;2*1H;/q2*-1;;;;+4/p-2. The summed E-state index contributed by atoms with van der Waals surface area (Å²) in [4.78, 5) is 0. The number of benzene rings is 2. The molecule has 30 heavy (non-hydrogen) atoms. The summed E-state index contributed by atoms with van der Waals surface area (Å²) in [5.41, 5.74) is 5.65. The van der Waals surface area contributed by atoms with Gasteiger partial charge in [-0.1, -0.05) is 50.2 Å². The van der Waals surface area contributed by atoms with E-state index in [1.807, 2.05) is 0 Å². The molecule has 0 atom stereocenters. The fourth-order valence-electron chi connectivity index (χ4n) is 3.31. The molecule has 0 bridgehead atoms. The molecule has 0 aliphatic heterocycles. The second-order valence-electron chi connectivity index (χ2n) is 7.16. The van der Waals surface area contributed by atoms with Gasteiger partial charge in [0.1, 0.15) is 0 Å². The predicted molar refractivity (Wildman–Crippen MR) is 127 cm³/mol. The van der Waals surface area contributed by atoms with Gasteiger partial charge in [0.2, 0.25) is 0 Å². The SMILES string of the molecule is CCc1cc2c(C)cccc2[cH-]1.CCc1cc2c(C)cccc2[cH-]1.C[Si]C.[F][Zr+2][F]. The second kappa shape index (κ2) is 14.6. The van der Waals surface area contributed by atoms with Crippen LogP contribution in [-0.2, 0) is 37.3 Å². The van der Waals surface area contributed by atoms with E-state index in [-0.39, 0.29) is 0 Å². The third kappa shape index (κ3) is 8.04. The summed E-state index contributed by atoms with van der Waals surface area (Å²) >= 11 is -2.77. The van der Waals surface area contributed by atoms with Gasteiger partial charge >= 0.3 is 29.7 Å². The Hall–Kier alpha value is -1.38. The molecule has 4 rings (SSSR count). The minimum atomic E-state index is -2.77. The summed E-state index contributed by atoms with van der Waals surface area (Å²) in [6, 6.07) is 22.1. The molecule has 4 heteroatoms. The molecule has 2 radical (unpaired) electrons. The van der Waals surface area contributed by atoms with E-state index in [0.717, 1.165) is 22.4 Å². The Morgan fingerprint density at radius 3 is 1.37 bits per heavy atom. The van der Waals surface area contributed by atoms with Crippen molar-refractivity contribution in [2.75, 3.05) is 0 Å². The van der Waals surface area contributed by atoms with Crippen LogP contribution >= 0.6 is 0 Å². The summed E-state index contributed by atoms with van der Waals surface area (Å²) in [7, 11) is 1.08. The maximum atomic E-state index is 9.80. The maximum absolute atomic E-state index is 9.80. The van der Waals surface area contributed by atoms with E-state index >= 15 is 0 Å². The van der Waals surface area contributed by atoms with E-state index in [4.69, 9.17) is 0 Å². The van der Waals surface area contributed by atoms with Crippen molar-refractivity contribution in [2.45, 2.75) is 53.6 Å². The van der Waals surface area contributed by atoms with E-state index in [2.05, 4.69) is 101 Å². The van der Waals surface area contributed by atoms with Crippen molar-refractivity contribution in [1.29, 1.82) is 0 Å². The third-order valence-corrected chi connectivity index (χ3v) is 4.87. The number of hydrogen-bond donors (Lipinski definition) is 0. The van der Waals surface area contributed by atoms with Gasteiger partial charge in [0.05, 0.1) is 0 Å². The molecule has 0 unspecified atom stereocenters. The van der Waals surface area contributed by atoms with Crippen LogP contribution in [0.5, 0.6) is 0 Å². The van der Waals surface area contributed by atoms with Crippen molar-refractivity contribution in [1.82, 2.24) is 0 Å². The second-order valence-corrected chi connectivity index (χ2v) is 8.51. The van der Waals surface area contributed by atoms with Crippen LogP contribution in [0.3, 0.4) is 0 Å². The Morgan fingerprint density at radius 2 is 1.10 bits per heavy atom. The molecule has 4 aromatic rings. The first-order chi connectivity index (χ1) is 14.4. The Balaban J connectivity index is 0.000000239. The van der Waals surface area contributed by atoms with Gasteiger partial charge in [0.25, 0.3) is 0 Å². The zero-order valence-corrected chi connectivity index (χ0v) is 22.4. The molecule has 0 N–H and O–H groups in total. The summed E-state index contributed by atoms with van der Waals surface area (Å²) in [6.45, 7) is 13.0. The van der Waals surface area contributed by atoms with Crippen molar-refractivity contribution in [3.8, 4) is 0 Å². The van der Waals surface area contributed by atoms with Crippen LogP contribution < -0.4 is 0 Å². The molecule has 0 nitrogen and oxygen atoms in total. The number of hydrogen-bond acceptors (Lipinski definition) is 0. The quantitative estimate of drug-likeness (QED) is 0.191. The average Bonchev–Trinajstić information content (AvgIpc) is 3.35. The van der Waals surface area contributed by atoms with Crippen LogP contribution in [0.15, 0.2) is 60.7 Å². The molecular formula is C26H32F2SiZr. The van der Waals surface area contributed by atoms with Gasteiger partial charge in [0.15, 0.2) is 0 Å². The summed E-state index contributed by atoms with van der Waals surface area (Å²) in [6.07, 6.45) is 2.27. The third-order valence-electron chi connectivity index (χ3n) is 4.87. The molecule has 0 aromatic heterocycles. The molecule has 0 amide bonds. The molecular weight excluding hydrogens is 470 g/mol. The first-order valence-corrected chi connectivity index (χ1v) is 14.2. The molecule has 0 fully saturated rings. The Bertz CT molecular complexity index is 919. The number of fused-ring (bicyclic) bond motifs is 2. The Labute approximate surface area is 196 Å². The molecule has 4 aromatic carbocycles. The van der Waals surface area contributed by atoms with Gasteiger partial charge < -0.3 is 0 Å². The number of halogens is 2. The van der Waals surface area contributed by atoms with Crippen molar-refractivity contribution < 1.29 is 29.7 Å². The van der Waals surface area contributed by atoms with Crippen LogP contribution in [0.1, 0.15) is 36.1 Å². The van der Waals surface area contributed by atoms with Gasteiger partial charge in [-0.05, 0) is 26.7 Å². The van der Waals surface area contributed by atoms with Crippen molar-refractivity contribution in [2.24, 2.45) is 0 Å². The van der Waals surface area contributed by atoms with Crippen molar-refractivity contribution in [3.63, 3.8) is 0 Å². The van der Waals surface area contributed by atoms with E-state index in [9.17, 15) is 5.25 Å². The first kappa shape index (κ1) is 26.7. The summed E-state index contributed by atoms with van der Waals surface area (Å²) < 4.78 is 19.6. The van der Waals surface area contributed by atoms with Crippen LogP contribution in [0.25, 0.3) is 21.5 Å². The molecule has 0 spiro atoms. The fourth-order valence-corrected chi connectivity index (χ4v) is 3.31. The number of aryl methyl sites for hydroxylation is 4. The zero-order chi connectivity index (χ0) is 22.5. The van der Waals surface area contributed by atoms with Gasteiger partial charge in [-0.25, -0.2) is 0 Å². The molecule has 0 aliphatic carbocycles. The average molecular weight is 502 g/mol. The van der Waals surface area contributed by atoms with Crippen LogP contribution in [0, 0.1) is 13.8 Å². The molecule has 158 valence electrons. The van der Waals surface area contributed by atoms with Crippen LogP contribution in [-0.4, -0.2) is 9.52 Å². The van der Waals surface area contributed by atoms with Gasteiger partial charge in [-0.3, -0.25) is 0 Å². The predicted octanol–water partition coefficient (Wildman–Crippen LogP) is 8.48. The fraction of sp³-hybridized carbons (Fsp3) is 0.308. The van der Waals surface area contributed by atoms with Crippen LogP contribution in [0.2, 0.25) is 13.1 Å². The van der Waals surface area contributed by atoms with E-state index in [1.165, 1.54) is 43.8 Å².